The summed E-state index contributed by atoms with van der Waals surface area (Å²) in [6, 6.07) is 19.3. The summed E-state index contributed by atoms with van der Waals surface area (Å²) in [5.41, 5.74) is 2.44. The van der Waals surface area contributed by atoms with E-state index in [9.17, 15) is 0 Å². The Balaban J connectivity index is 1.62. The quantitative estimate of drug-likeness (QED) is 0.850. The van der Waals surface area contributed by atoms with E-state index < -0.39 is 0 Å². The third-order valence-electron chi connectivity index (χ3n) is 3.37. The largest absolute Gasteiger partial charge is 0.489 e. The molecule has 3 rings (SSSR count). The van der Waals surface area contributed by atoms with Crippen LogP contribution >= 0.6 is 0 Å². The van der Waals surface area contributed by atoms with Gasteiger partial charge >= 0.3 is 0 Å². The zero-order valence-electron chi connectivity index (χ0n) is 11.0. The molecule has 0 atom stereocenters. The number of nitrogens with one attached hydrogen (secondary N) is 1. The van der Waals surface area contributed by atoms with Gasteiger partial charge in [-0.1, -0.05) is 48.5 Å². The van der Waals surface area contributed by atoms with E-state index in [1.807, 2.05) is 30.3 Å². The molecule has 1 aliphatic carbocycles. The van der Waals surface area contributed by atoms with Crippen LogP contribution in [0.25, 0.3) is 0 Å². The zero-order valence-corrected chi connectivity index (χ0v) is 11.0. The Labute approximate surface area is 114 Å². The Morgan fingerprint density at radius 3 is 2.47 bits per heavy atom. The molecular formula is C17H19NO. The van der Waals surface area contributed by atoms with E-state index in [1.54, 1.807) is 0 Å². The van der Waals surface area contributed by atoms with E-state index in [2.05, 4.69) is 29.6 Å². The van der Waals surface area contributed by atoms with Gasteiger partial charge in [0, 0.05) is 18.2 Å². The highest BCUT2D eigenvalue weighted by Crippen LogP contribution is 2.23. The highest BCUT2D eigenvalue weighted by molar-refractivity contribution is 5.33. The lowest BCUT2D eigenvalue weighted by molar-refractivity contribution is 0.302. The number of hydrogen-bond acceptors (Lipinski definition) is 2. The predicted octanol–water partition coefficient (Wildman–Crippen LogP) is 3.52. The van der Waals surface area contributed by atoms with Crippen LogP contribution in [-0.4, -0.2) is 6.04 Å². The van der Waals surface area contributed by atoms with Gasteiger partial charge in [0.2, 0.25) is 0 Å². The predicted molar refractivity (Wildman–Crippen MR) is 77.1 cm³/mol. The molecule has 0 aromatic heterocycles. The van der Waals surface area contributed by atoms with Crippen LogP contribution < -0.4 is 10.1 Å². The van der Waals surface area contributed by atoms with Gasteiger partial charge in [-0.2, -0.15) is 0 Å². The molecule has 1 aliphatic rings. The number of rotatable bonds is 6. The SMILES string of the molecule is c1ccc(COc2ccccc2CNC2CC2)cc1. The zero-order chi connectivity index (χ0) is 12.9. The summed E-state index contributed by atoms with van der Waals surface area (Å²) < 4.78 is 5.94. The summed E-state index contributed by atoms with van der Waals surface area (Å²) in [5.74, 6) is 0.986. The van der Waals surface area contributed by atoms with Gasteiger partial charge in [-0.3, -0.25) is 0 Å². The minimum Gasteiger partial charge on any atom is -0.489 e. The number of ether oxygens (including phenoxy) is 1. The van der Waals surface area contributed by atoms with Crippen molar-refractivity contribution >= 4 is 0 Å². The lowest BCUT2D eigenvalue weighted by atomic mass is 10.2. The molecule has 1 N–H and O–H groups in total. The first-order chi connectivity index (χ1) is 9.42. The molecule has 0 aliphatic heterocycles. The van der Waals surface area contributed by atoms with Crippen LogP contribution in [0.1, 0.15) is 24.0 Å². The summed E-state index contributed by atoms with van der Waals surface area (Å²) in [4.78, 5) is 0. The third-order valence-corrected chi connectivity index (χ3v) is 3.37. The molecule has 2 nitrogen and oxygen atoms in total. The van der Waals surface area contributed by atoms with Crippen molar-refractivity contribution in [2.45, 2.75) is 32.0 Å². The van der Waals surface area contributed by atoms with Gasteiger partial charge in [0.25, 0.3) is 0 Å². The number of para-hydroxylation sites is 1. The third kappa shape index (κ3) is 3.58. The lowest BCUT2D eigenvalue weighted by Crippen LogP contribution is -2.16. The van der Waals surface area contributed by atoms with Crippen molar-refractivity contribution in [1.82, 2.24) is 5.32 Å². The van der Waals surface area contributed by atoms with Crippen molar-refractivity contribution in [3.8, 4) is 5.75 Å². The molecule has 0 amide bonds. The topological polar surface area (TPSA) is 21.3 Å². The van der Waals surface area contributed by atoms with Crippen LogP contribution in [0.3, 0.4) is 0 Å². The summed E-state index contributed by atoms with van der Waals surface area (Å²) in [5, 5.41) is 3.53. The van der Waals surface area contributed by atoms with Crippen molar-refractivity contribution < 1.29 is 4.74 Å². The summed E-state index contributed by atoms with van der Waals surface area (Å²) >= 11 is 0. The maximum absolute atomic E-state index is 5.94. The van der Waals surface area contributed by atoms with E-state index in [-0.39, 0.29) is 0 Å². The van der Waals surface area contributed by atoms with Gasteiger partial charge < -0.3 is 10.1 Å². The minimum atomic E-state index is 0.626. The van der Waals surface area contributed by atoms with Crippen molar-refractivity contribution in [3.63, 3.8) is 0 Å². The maximum Gasteiger partial charge on any atom is 0.124 e. The smallest absolute Gasteiger partial charge is 0.124 e. The molecule has 2 heteroatoms. The van der Waals surface area contributed by atoms with Gasteiger partial charge in [0.05, 0.1) is 0 Å². The summed E-state index contributed by atoms with van der Waals surface area (Å²) in [7, 11) is 0. The molecule has 0 radical (unpaired) electrons. The second-order valence-corrected chi connectivity index (χ2v) is 5.04. The first kappa shape index (κ1) is 12.2. The fourth-order valence-electron chi connectivity index (χ4n) is 2.07. The van der Waals surface area contributed by atoms with Gasteiger partial charge in [-0.25, -0.2) is 0 Å². The van der Waals surface area contributed by atoms with Crippen LogP contribution in [0.15, 0.2) is 54.6 Å². The Morgan fingerprint density at radius 2 is 1.68 bits per heavy atom. The van der Waals surface area contributed by atoms with E-state index in [4.69, 9.17) is 4.74 Å². The van der Waals surface area contributed by atoms with Crippen molar-refractivity contribution in [2.24, 2.45) is 0 Å². The highest BCUT2D eigenvalue weighted by atomic mass is 16.5. The van der Waals surface area contributed by atoms with Crippen LogP contribution in [0.4, 0.5) is 0 Å². The number of benzene rings is 2. The standard InChI is InChI=1S/C17H19NO/c1-2-6-14(7-3-1)13-19-17-9-5-4-8-15(17)12-18-16-10-11-16/h1-9,16,18H,10-13H2. The Hall–Kier alpha value is -1.80. The lowest BCUT2D eigenvalue weighted by Gasteiger charge is -2.12. The molecule has 2 aromatic rings. The molecule has 0 heterocycles. The van der Waals surface area contributed by atoms with Crippen molar-refractivity contribution in [1.29, 1.82) is 0 Å². The molecule has 1 fully saturated rings. The van der Waals surface area contributed by atoms with E-state index >= 15 is 0 Å². The second kappa shape index (κ2) is 5.89. The monoisotopic (exact) mass is 253 g/mol. The molecular weight excluding hydrogens is 234 g/mol. The van der Waals surface area contributed by atoms with Gasteiger partial charge in [0.15, 0.2) is 0 Å². The Morgan fingerprint density at radius 1 is 0.947 bits per heavy atom. The van der Waals surface area contributed by atoms with Crippen molar-refractivity contribution in [3.05, 3.63) is 65.7 Å². The molecule has 0 unspecified atom stereocenters. The minimum absolute atomic E-state index is 0.626. The summed E-state index contributed by atoms with van der Waals surface area (Å²) in [6.45, 7) is 1.52. The maximum atomic E-state index is 5.94. The van der Waals surface area contributed by atoms with Gasteiger partial charge in [0.1, 0.15) is 12.4 Å². The highest BCUT2D eigenvalue weighted by Gasteiger charge is 2.20. The van der Waals surface area contributed by atoms with Crippen LogP contribution in [0.2, 0.25) is 0 Å². The molecule has 0 spiro atoms. The molecule has 1 saturated carbocycles. The fourth-order valence-corrected chi connectivity index (χ4v) is 2.07. The van der Waals surface area contributed by atoms with E-state index in [0.717, 1.165) is 18.3 Å². The van der Waals surface area contributed by atoms with E-state index in [0.29, 0.717) is 6.61 Å². The normalized spacial score (nSPS) is 14.3. The van der Waals surface area contributed by atoms with Crippen LogP contribution in [-0.2, 0) is 13.2 Å². The molecule has 19 heavy (non-hydrogen) atoms. The molecule has 0 saturated heterocycles. The first-order valence-electron chi connectivity index (χ1n) is 6.90. The fraction of sp³-hybridized carbons (Fsp3) is 0.294. The average molecular weight is 253 g/mol. The molecule has 98 valence electrons. The molecule has 2 aromatic carbocycles. The average Bonchev–Trinajstić information content (AvgIpc) is 3.29. The second-order valence-electron chi connectivity index (χ2n) is 5.04. The van der Waals surface area contributed by atoms with Gasteiger partial charge in [-0.05, 0) is 24.5 Å². The van der Waals surface area contributed by atoms with Crippen LogP contribution in [0.5, 0.6) is 5.75 Å². The first-order valence-corrected chi connectivity index (χ1v) is 6.90. The number of hydrogen-bond donors (Lipinski definition) is 1. The van der Waals surface area contributed by atoms with Gasteiger partial charge in [-0.15, -0.1) is 0 Å². The van der Waals surface area contributed by atoms with E-state index in [1.165, 1.54) is 24.0 Å². The van der Waals surface area contributed by atoms with Crippen LogP contribution in [0, 0.1) is 0 Å². The van der Waals surface area contributed by atoms with Crippen molar-refractivity contribution in [2.75, 3.05) is 0 Å². The molecule has 0 bridgehead atoms. The summed E-state index contributed by atoms with van der Waals surface area (Å²) in [6.07, 6.45) is 2.63. The Kier molecular flexibility index (Phi) is 3.80. The Bertz CT molecular complexity index is 520.